The summed E-state index contributed by atoms with van der Waals surface area (Å²) in [7, 11) is 2.94. The Labute approximate surface area is 161 Å². The van der Waals surface area contributed by atoms with Crippen molar-refractivity contribution in [3.8, 4) is 23.0 Å². The average molecular weight is 380 g/mol. The zero-order valence-corrected chi connectivity index (χ0v) is 15.6. The van der Waals surface area contributed by atoms with Crippen LogP contribution in [0.1, 0.15) is 24.2 Å². The third-order valence-corrected chi connectivity index (χ3v) is 4.92. The highest BCUT2D eigenvalue weighted by Gasteiger charge is 2.20. The minimum atomic E-state index is -0.164. The number of allylic oxidation sites excluding steroid dienone is 1. The molecule has 1 aliphatic heterocycles. The molecular weight excluding hydrogens is 360 g/mol. The van der Waals surface area contributed by atoms with Crippen LogP contribution in [-0.4, -0.2) is 34.0 Å². The molecule has 2 N–H and O–H groups in total. The van der Waals surface area contributed by atoms with Gasteiger partial charge in [-0.2, -0.15) is 0 Å². The largest absolute Gasteiger partial charge is 0.506 e. The molecule has 0 spiro atoms. The number of phenols is 2. The SMILES string of the molecule is COc1cc(/C=C2\CCCn3c2nc2c(O)cccc2c3=O)cc(OC)c1O. The van der Waals surface area contributed by atoms with E-state index in [9.17, 15) is 15.0 Å². The van der Waals surface area contributed by atoms with E-state index < -0.39 is 0 Å². The fourth-order valence-corrected chi connectivity index (χ4v) is 3.56. The van der Waals surface area contributed by atoms with E-state index in [0.29, 0.717) is 34.8 Å². The summed E-state index contributed by atoms with van der Waals surface area (Å²) in [5.74, 6) is 1.04. The summed E-state index contributed by atoms with van der Waals surface area (Å²) in [5.41, 5.74) is 1.75. The van der Waals surface area contributed by atoms with Gasteiger partial charge in [0.05, 0.1) is 19.6 Å². The molecule has 1 aliphatic rings. The van der Waals surface area contributed by atoms with Crippen LogP contribution in [0.4, 0.5) is 0 Å². The molecule has 1 aromatic heterocycles. The van der Waals surface area contributed by atoms with Gasteiger partial charge in [0, 0.05) is 6.54 Å². The molecule has 2 aromatic carbocycles. The smallest absolute Gasteiger partial charge is 0.261 e. The summed E-state index contributed by atoms with van der Waals surface area (Å²) < 4.78 is 12.1. The van der Waals surface area contributed by atoms with Gasteiger partial charge < -0.3 is 19.7 Å². The van der Waals surface area contributed by atoms with E-state index in [-0.39, 0.29) is 17.1 Å². The van der Waals surface area contributed by atoms with Crippen molar-refractivity contribution in [1.82, 2.24) is 9.55 Å². The lowest BCUT2D eigenvalue weighted by Gasteiger charge is -2.21. The van der Waals surface area contributed by atoms with E-state index in [2.05, 4.69) is 4.98 Å². The molecule has 7 heteroatoms. The fourth-order valence-electron chi connectivity index (χ4n) is 3.56. The Bertz CT molecular complexity index is 1140. The van der Waals surface area contributed by atoms with Crippen LogP contribution < -0.4 is 15.0 Å². The van der Waals surface area contributed by atoms with Crippen molar-refractivity contribution in [3.05, 3.63) is 52.1 Å². The van der Waals surface area contributed by atoms with Gasteiger partial charge >= 0.3 is 0 Å². The molecule has 0 unspecified atom stereocenters. The number of fused-ring (bicyclic) bond motifs is 2. The lowest BCUT2D eigenvalue weighted by molar-refractivity contribution is 0.340. The first-order valence-corrected chi connectivity index (χ1v) is 8.92. The first-order valence-electron chi connectivity index (χ1n) is 8.92. The minimum Gasteiger partial charge on any atom is -0.506 e. The molecule has 0 bridgehead atoms. The van der Waals surface area contributed by atoms with Crippen molar-refractivity contribution in [1.29, 1.82) is 0 Å². The number of rotatable bonds is 3. The quantitative estimate of drug-likeness (QED) is 0.725. The molecule has 4 rings (SSSR count). The molecule has 3 aromatic rings. The Balaban J connectivity index is 1.92. The van der Waals surface area contributed by atoms with Gasteiger partial charge in [-0.05, 0) is 54.3 Å². The summed E-state index contributed by atoms with van der Waals surface area (Å²) >= 11 is 0. The lowest BCUT2D eigenvalue weighted by Crippen LogP contribution is -2.27. The number of nitrogens with zero attached hydrogens (tertiary/aromatic N) is 2. The van der Waals surface area contributed by atoms with Gasteiger partial charge in [-0.25, -0.2) is 4.98 Å². The van der Waals surface area contributed by atoms with Crippen molar-refractivity contribution in [2.24, 2.45) is 0 Å². The van der Waals surface area contributed by atoms with Gasteiger partial charge in [0.25, 0.3) is 5.56 Å². The van der Waals surface area contributed by atoms with E-state index >= 15 is 0 Å². The topological polar surface area (TPSA) is 93.8 Å². The molecule has 0 fully saturated rings. The second-order valence-corrected chi connectivity index (χ2v) is 6.61. The number of aromatic hydroxyl groups is 2. The Morgan fingerprint density at radius 1 is 1.14 bits per heavy atom. The molecule has 7 nitrogen and oxygen atoms in total. The summed E-state index contributed by atoms with van der Waals surface area (Å²) in [6.07, 6.45) is 3.43. The van der Waals surface area contributed by atoms with Crippen LogP contribution in [-0.2, 0) is 6.54 Å². The fraction of sp³-hybridized carbons (Fsp3) is 0.238. The third-order valence-electron chi connectivity index (χ3n) is 4.92. The zero-order chi connectivity index (χ0) is 19.8. The first kappa shape index (κ1) is 17.9. The van der Waals surface area contributed by atoms with Crippen LogP contribution in [0.25, 0.3) is 22.6 Å². The molecule has 28 heavy (non-hydrogen) atoms. The van der Waals surface area contributed by atoms with Crippen molar-refractivity contribution in [2.45, 2.75) is 19.4 Å². The third kappa shape index (κ3) is 2.85. The highest BCUT2D eigenvalue weighted by Crippen LogP contribution is 2.38. The predicted octanol–water partition coefficient (Wildman–Crippen LogP) is 3.16. The van der Waals surface area contributed by atoms with Crippen molar-refractivity contribution in [3.63, 3.8) is 0 Å². The number of methoxy groups -OCH3 is 2. The second kappa shape index (κ2) is 6.92. The van der Waals surface area contributed by atoms with Crippen LogP contribution in [0.2, 0.25) is 0 Å². The van der Waals surface area contributed by atoms with Gasteiger partial charge in [0.1, 0.15) is 17.1 Å². The van der Waals surface area contributed by atoms with E-state index in [0.717, 1.165) is 24.0 Å². The van der Waals surface area contributed by atoms with Gasteiger partial charge in [0.2, 0.25) is 5.75 Å². The van der Waals surface area contributed by atoms with E-state index in [1.54, 1.807) is 28.8 Å². The molecule has 0 saturated carbocycles. The Hall–Kier alpha value is -3.48. The number of para-hydroxylation sites is 1. The summed E-state index contributed by atoms with van der Waals surface area (Å²) in [4.78, 5) is 17.5. The monoisotopic (exact) mass is 380 g/mol. The summed E-state index contributed by atoms with van der Waals surface area (Å²) in [5, 5.41) is 20.7. The average Bonchev–Trinajstić information content (AvgIpc) is 2.70. The molecule has 144 valence electrons. The molecular formula is C21H20N2O5. The van der Waals surface area contributed by atoms with Gasteiger partial charge in [-0.15, -0.1) is 0 Å². The Morgan fingerprint density at radius 2 is 1.86 bits per heavy atom. The highest BCUT2D eigenvalue weighted by atomic mass is 16.5. The summed E-state index contributed by atoms with van der Waals surface area (Å²) in [6, 6.07) is 8.22. The number of hydrogen-bond acceptors (Lipinski definition) is 6. The first-order chi connectivity index (χ1) is 13.5. The predicted molar refractivity (Wildman–Crippen MR) is 106 cm³/mol. The van der Waals surface area contributed by atoms with E-state index in [4.69, 9.17) is 9.47 Å². The summed E-state index contributed by atoms with van der Waals surface area (Å²) in [6.45, 7) is 0.576. The van der Waals surface area contributed by atoms with Crippen LogP contribution in [0.15, 0.2) is 35.1 Å². The molecule has 2 heterocycles. The number of ether oxygens (including phenoxy) is 2. The number of aromatic nitrogens is 2. The molecule has 0 atom stereocenters. The maximum absolute atomic E-state index is 12.9. The maximum atomic E-state index is 12.9. The second-order valence-electron chi connectivity index (χ2n) is 6.61. The molecule has 0 radical (unpaired) electrons. The van der Waals surface area contributed by atoms with Crippen molar-refractivity contribution in [2.75, 3.05) is 14.2 Å². The van der Waals surface area contributed by atoms with Crippen molar-refractivity contribution < 1.29 is 19.7 Å². The normalized spacial score (nSPS) is 14.9. The standard InChI is InChI=1S/C21H20N2O5/c1-27-16-10-12(11-17(28-2)19(16)25)9-13-5-4-8-23-20(13)22-18-14(21(23)26)6-3-7-15(18)24/h3,6-7,9-11,24-25H,4-5,8H2,1-2H3/b13-9+. The Morgan fingerprint density at radius 3 is 2.54 bits per heavy atom. The highest BCUT2D eigenvalue weighted by molar-refractivity contribution is 5.87. The van der Waals surface area contributed by atoms with Crippen molar-refractivity contribution >= 4 is 22.6 Å². The Kier molecular flexibility index (Phi) is 4.43. The molecule has 0 aliphatic carbocycles. The zero-order valence-electron chi connectivity index (χ0n) is 15.6. The van der Waals surface area contributed by atoms with E-state index in [1.807, 2.05) is 6.08 Å². The minimum absolute atomic E-state index is 0.0177. The molecule has 0 saturated heterocycles. The number of hydrogen-bond donors (Lipinski definition) is 2. The van der Waals surface area contributed by atoms with Crippen LogP contribution in [0, 0.1) is 0 Å². The van der Waals surface area contributed by atoms with Gasteiger partial charge in [-0.1, -0.05) is 6.07 Å². The maximum Gasteiger partial charge on any atom is 0.261 e. The van der Waals surface area contributed by atoms with E-state index in [1.165, 1.54) is 20.3 Å². The molecule has 0 amide bonds. The number of benzene rings is 2. The van der Waals surface area contributed by atoms with Crippen LogP contribution in [0.5, 0.6) is 23.0 Å². The lowest BCUT2D eigenvalue weighted by atomic mass is 10.0. The van der Waals surface area contributed by atoms with Gasteiger partial charge in [0.15, 0.2) is 11.5 Å². The van der Waals surface area contributed by atoms with Crippen LogP contribution >= 0.6 is 0 Å². The van der Waals surface area contributed by atoms with Crippen LogP contribution in [0.3, 0.4) is 0 Å². The number of phenolic OH excluding ortho intramolecular Hbond substituents is 2. The van der Waals surface area contributed by atoms with Gasteiger partial charge in [-0.3, -0.25) is 9.36 Å².